The second-order valence-corrected chi connectivity index (χ2v) is 5.50. The Morgan fingerprint density at radius 3 is 2.96 bits per heavy atom. The molecule has 124 valence electrons. The standard InChI is InChI=1S/C14H18N4O5/c1-8-3-9(4-12(19)17-8)6-15-13-11(18(21)22)5-10(7-16-13)14(20)23-2/h5,7-9H,3-4,6H2,1-2H3,(H,15,16)(H,17,19). The molecule has 2 rings (SSSR count). The van der Waals surface area contributed by atoms with Crippen LogP contribution < -0.4 is 10.6 Å². The Bertz CT molecular complexity index is 634. The first kappa shape index (κ1) is 16.7. The number of carbonyl (C=O) groups excluding carboxylic acids is 2. The number of nitro groups is 1. The second kappa shape index (κ2) is 7.03. The third kappa shape index (κ3) is 4.15. The molecule has 9 heteroatoms. The summed E-state index contributed by atoms with van der Waals surface area (Å²) in [5.74, 6) is -0.578. The van der Waals surface area contributed by atoms with Gasteiger partial charge in [-0.3, -0.25) is 14.9 Å². The van der Waals surface area contributed by atoms with Crippen molar-refractivity contribution in [2.75, 3.05) is 19.0 Å². The molecule has 0 radical (unpaired) electrons. The minimum absolute atomic E-state index is 0.00964. The van der Waals surface area contributed by atoms with Gasteiger partial charge in [-0.1, -0.05) is 0 Å². The fourth-order valence-electron chi connectivity index (χ4n) is 2.59. The maximum Gasteiger partial charge on any atom is 0.339 e. The van der Waals surface area contributed by atoms with E-state index in [4.69, 9.17) is 0 Å². The first-order valence-electron chi connectivity index (χ1n) is 7.16. The lowest BCUT2D eigenvalue weighted by molar-refractivity contribution is -0.384. The smallest absolute Gasteiger partial charge is 0.339 e. The molecule has 1 fully saturated rings. The minimum Gasteiger partial charge on any atom is -0.465 e. The van der Waals surface area contributed by atoms with Crippen molar-refractivity contribution in [2.45, 2.75) is 25.8 Å². The number of nitrogens with one attached hydrogen (secondary N) is 2. The summed E-state index contributed by atoms with van der Waals surface area (Å²) in [5, 5.41) is 16.9. The first-order valence-corrected chi connectivity index (χ1v) is 7.16. The molecule has 2 heterocycles. The highest BCUT2D eigenvalue weighted by molar-refractivity contribution is 5.90. The van der Waals surface area contributed by atoms with Gasteiger partial charge in [-0.05, 0) is 19.3 Å². The number of aromatic nitrogens is 1. The van der Waals surface area contributed by atoms with Gasteiger partial charge in [0.25, 0.3) is 0 Å². The first-order chi connectivity index (χ1) is 10.9. The second-order valence-electron chi connectivity index (χ2n) is 5.50. The van der Waals surface area contributed by atoms with Crippen molar-refractivity contribution >= 4 is 23.4 Å². The summed E-state index contributed by atoms with van der Waals surface area (Å²) in [6, 6.07) is 1.20. The molecule has 1 aromatic rings. The van der Waals surface area contributed by atoms with E-state index in [1.54, 1.807) is 0 Å². The average Bonchev–Trinajstić information content (AvgIpc) is 2.51. The third-order valence-electron chi connectivity index (χ3n) is 3.61. The van der Waals surface area contributed by atoms with Gasteiger partial charge in [0.05, 0.1) is 17.6 Å². The normalized spacial score (nSPS) is 20.5. The summed E-state index contributed by atoms with van der Waals surface area (Å²) in [4.78, 5) is 37.4. The zero-order valence-corrected chi connectivity index (χ0v) is 12.9. The van der Waals surface area contributed by atoms with Crippen LogP contribution >= 0.6 is 0 Å². The van der Waals surface area contributed by atoms with Crippen LogP contribution in [0.4, 0.5) is 11.5 Å². The summed E-state index contributed by atoms with van der Waals surface area (Å²) in [6.07, 6.45) is 2.37. The van der Waals surface area contributed by atoms with E-state index >= 15 is 0 Å². The molecule has 0 spiro atoms. The number of anilines is 1. The number of nitrogens with zero attached hydrogens (tertiary/aromatic N) is 2. The molecule has 0 aliphatic carbocycles. The number of piperidine rings is 1. The largest absolute Gasteiger partial charge is 0.465 e. The highest BCUT2D eigenvalue weighted by Gasteiger charge is 2.25. The van der Waals surface area contributed by atoms with E-state index in [-0.39, 0.29) is 34.9 Å². The Kier molecular flexibility index (Phi) is 5.09. The quantitative estimate of drug-likeness (QED) is 0.472. The molecule has 2 unspecified atom stereocenters. The molecule has 0 saturated carbocycles. The number of amides is 1. The lowest BCUT2D eigenvalue weighted by Gasteiger charge is -2.27. The zero-order valence-electron chi connectivity index (χ0n) is 12.9. The van der Waals surface area contributed by atoms with Gasteiger partial charge in [-0.15, -0.1) is 0 Å². The van der Waals surface area contributed by atoms with Crippen molar-refractivity contribution in [3.63, 3.8) is 0 Å². The molecule has 23 heavy (non-hydrogen) atoms. The molecule has 0 bridgehead atoms. The molecule has 1 amide bonds. The number of methoxy groups -OCH3 is 1. The topological polar surface area (TPSA) is 123 Å². The predicted molar refractivity (Wildman–Crippen MR) is 81.0 cm³/mol. The number of carbonyl (C=O) groups is 2. The highest BCUT2D eigenvalue weighted by atomic mass is 16.6. The summed E-state index contributed by atoms with van der Waals surface area (Å²) in [5.41, 5.74) is -0.295. The van der Waals surface area contributed by atoms with Crippen LogP contribution in [0.5, 0.6) is 0 Å². The number of hydrogen-bond donors (Lipinski definition) is 2. The van der Waals surface area contributed by atoms with E-state index in [1.807, 2.05) is 6.92 Å². The molecule has 1 aliphatic rings. The summed E-state index contributed by atoms with van der Waals surface area (Å²) in [6.45, 7) is 2.30. The molecule has 9 nitrogen and oxygen atoms in total. The van der Waals surface area contributed by atoms with E-state index in [0.29, 0.717) is 13.0 Å². The maximum atomic E-state index is 11.5. The van der Waals surface area contributed by atoms with Gasteiger partial charge in [0.1, 0.15) is 0 Å². The number of hydrogen-bond acceptors (Lipinski definition) is 7. The molecule has 2 N–H and O–H groups in total. The lowest BCUT2D eigenvalue weighted by Crippen LogP contribution is -2.42. The van der Waals surface area contributed by atoms with Crippen LogP contribution in [-0.4, -0.2) is 41.5 Å². The minimum atomic E-state index is -0.690. The SMILES string of the molecule is COC(=O)c1cnc(NCC2CC(=O)NC(C)C2)c([N+](=O)[O-])c1. The van der Waals surface area contributed by atoms with Crippen molar-refractivity contribution in [3.05, 3.63) is 27.9 Å². The number of ether oxygens (including phenoxy) is 1. The Morgan fingerprint density at radius 1 is 1.61 bits per heavy atom. The maximum absolute atomic E-state index is 11.5. The molecule has 2 atom stereocenters. The van der Waals surface area contributed by atoms with Crippen LogP contribution in [0.3, 0.4) is 0 Å². The molecule has 1 saturated heterocycles. The fourth-order valence-corrected chi connectivity index (χ4v) is 2.59. The van der Waals surface area contributed by atoms with Crippen LogP contribution in [0, 0.1) is 16.0 Å². The van der Waals surface area contributed by atoms with Crippen LogP contribution in [0.2, 0.25) is 0 Å². The van der Waals surface area contributed by atoms with Gasteiger partial charge in [0.2, 0.25) is 11.7 Å². The Balaban J connectivity index is 2.11. The van der Waals surface area contributed by atoms with Crippen molar-refractivity contribution in [1.82, 2.24) is 10.3 Å². The highest BCUT2D eigenvalue weighted by Crippen LogP contribution is 2.25. The molecule has 1 aliphatic heterocycles. The van der Waals surface area contributed by atoms with Crippen LogP contribution in [0.25, 0.3) is 0 Å². The number of rotatable bonds is 5. The van der Waals surface area contributed by atoms with Crippen molar-refractivity contribution in [2.24, 2.45) is 5.92 Å². The zero-order chi connectivity index (χ0) is 17.0. The van der Waals surface area contributed by atoms with Gasteiger partial charge in [-0.25, -0.2) is 9.78 Å². The van der Waals surface area contributed by atoms with Gasteiger partial charge >= 0.3 is 11.7 Å². The Morgan fingerprint density at radius 2 is 2.35 bits per heavy atom. The van der Waals surface area contributed by atoms with E-state index in [1.165, 1.54) is 13.3 Å². The van der Waals surface area contributed by atoms with Gasteiger partial charge in [-0.2, -0.15) is 0 Å². The van der Waals surface area contributed by atoms with Gasteiger partial charge in [0.15, 0.2) is 0 Å². The van der Waals surface area contributed by atoms with Crippen LogP contribution in [-0.2, 0) is 9.53 Å². The Hall–Kier alpha value is -2.71. The lowest BCUT2D eigenvalue weighted by atomic mass is 9.93. The predicted octanol–water partition coefficient (Wildman–Crippen LogP) is 1.10. The fraction of sp³-hybridized carbons (Fsp3) is 0.500. The van der Waals surface area contributed by atoms with Crippen molar-refractivity contribution in [3.8, 4) is 0 Å². The van der Waals surface area contributed by atoms with E-state index in [2.05, 4.69) is 20.4 Å². The summed E-state index contributed by atoms with van der Waals surface area (Å²) >= 11 is 0. The Labute approximate surface area is 132 Å². The number of esters is 1. The van der Waals surface area contributed by atoms with Crippen molar-refractivity contribution in [1.29, 1.82) is 0 Å². The monoisotopic (exact) mass is 322 g/mol. The molecular formula is C14H18N4O5. The van der Waals surface area contributed by atoms with E-state index in [0.717, 1.165) is 12.5 Å². The van der Waals surface area contributed by atoms with E-state index in [9.17, 15) is 19.7 Å². The molecular weight excluding hydrogens is 304 g/mol. The summed E-state index contributed by atoms with van der Waals surface area (Å²) in [7, 11) is 1.19. The van der Waals surface area contributed by atoms with Crippen LogP contribution in [0.15, 0.2) is 12.3 Å². The van der Waals surface area contributed by atoms with Crippen LogP contribution in [0.1, 0.15) is 30.1 Å². The third-order valence-corrected chi connectivity index (χ3v) is 3.61. The molecule has 0 aromatic carbocycles. The molecule has 1 aromatic heterocycles. The van der Waals surface area contributed by atoms with E-state index < -0.39 is 10.9 Å². The van der Waals surface area contributed by atoms with Gasteiger partial charge in [0, 0.05) is 31.3 Å². The average molecular weight is 322 g/mol. The summed E-state index contributed by atoms with van der Waals surface area (Å²) < 4.78 is 4.52. The number of pyridine rings is 1. The van der Waals surface area contributed by atoms with Crippen molar-refractivity contribution < 1.29 is 19.2 Å². The van der Waals surface area contributed by atoms with Gasteiger partial charge < -0.3 is 15.4 Å².